The molecule has 0 bridgehead atoms. The van der Waals surface area contributed by atoms with Crippen molar-refractivity contribution in [1.29, 1.82) is 0 Å². The van der Waals surface area contributed by atoms with Gasteiger partial charge in [0.1, 0.15) is 11.1 Å². The quantitative estimate of drug-likeness (QED) is 0.339. The number of carbonyl (C=O) groups is 1. The summed E-state index contributed by atoms with van der Waals surface area (Å²) >= 11 is 3.91. The van der Waals surface area contributed by atoms with Crippen molar-refractivity contribution < 1.29 is 15.2 Å². The summed E-state index contributed by atoms with van der Waals surface area (Å²) in [6.45, 7) is 3.22. The summed E-state index contributed by atoms with van der Waals surface area (Å²) in [5, 5.41) is 12.2. The van der Waals surface area contributed by atoms with Crippen molar-refractivity contribution in [3.63, 3.8) is 0 Å². The fraction of sp³-hybridized carbons (Fsp3) is 0.429. The molecule has 0 fully saturated rings. The molecule has 4 N–H and O–H groups in total. The number of nitrogens with two attached hydrogens (primary N) is 2. The number of hydrogen-bond donors (Lipinski definition) is 3. The van der Waals surface area contributed by atoms with Crippen molar-refractivity contribution >= 4 is 25.3 Å². The lowest BCUT2D eigenvalue weighted by Crippen LogP contribution is -2.89. The van der Waals surface area contributed by atoms with E-state index in [-0.39, 0.29) is 11.4 Å². The van der Waals surface area contributed by atoms with Gasteiger partial charge >= 0.3 is 0 Å². The molecule has 6 heteroatoms. The highest BCUT2D eigenvalue weighted by atomic mass is 32.1. The van der Waals surface area contributed by atoms with Crippen molar-refractivity contribution in [3.8, 4) is 0 Å². The Balaban J connectivity index is 4.41. The Kier molecular flexibility index (Phi) is 5.17. The minimum Gasteiger partial charge on any atom is -0.544 e. The maximum Gasteiger partial charge on any atom is 0.131 e. The van der Waals surface area contributed by atoms with Crippen molar-refractivity contribution in [2.75, 3.05) is 7.05 Å². The average molecular weight is 203 g/mol. The van der Waals surface area contributed by atoms with Gasteiger partial charge in [0.2, 0.25) is 0 Å². The minimum atomic E-state index is -1.16. The molecule has 0 amide bonds. The van der Waals surface area contributed by atoms with Crippen LogP contribution in [0.4, 0.5) is 0 Å². The molecule has 0 heterocycles. The Morgan fingerprint density at radius 1 is 1.85 bits per heavy atom. The van der Waals surface area contributed by atoms with Gasteiger partial charge in [0.15, 0.2) is 0 Å². The van der Waals surface area contributed by atoms with Gasteiger partial charge in [-0.1, -0.05) is 0 Å². The first-order chi connectivity index (χ1) is 6.02. The molecule has 0 spiro atoms. The zero-order valence-electron chi connectivity index (χ0n) is 7.36. The Morgan fingerprint density at radius 2 is 2.38 bits per heavy atom. The highest BCUT2D eigenvalue weighted by Crippen LogP contribution is 2.08. The molecule has 0 rings (SSSR count). The summed E-state index contributed by atoms with van der Waals surface area (Å²) in [4.78, 5) is 14.0. The molecule has 0 aliphatic carbocycles. The van der Waals surface area contributed by atoms with Crippen LogP contribution < -0.4 is 16.2 Å². The molecule has 0 radical (unpaired) electrons. The topological polar surface area (TPSA) is 95.1 Å². The molecule has 0 aromatic rings. The lowest BCUT2D eigenvalue weighted by atomic mass is 10.2. The smallest absolute Gasteiger partial charge is 0.131 e. The number of nitrogens with zero attached hydrogens (tertiary/aromatic N) is 1. The predicted octanol–water partition coefficient (Wildman–Crippen LogP) is -2.55. The van der Waals surface area contributed by atoms with E-state index >= 15 is 0 Å². The SMILES string of the molecule is C=N/C(S)=C(\N)C[C@H]([NH2+]C)C(=O)[O-]. The van der Waals surface area contributed by atoms with Gasteiger partial charge in [-0.2, -0.15) is 0 Å². The summed E-state index contributed by atoms with van der Waals surface area (Å²) in [5.41, 5.74) is 5.80. The molecule has 74 valence electrons. The second kappa shape index (κ2) is 5.60. The molecule has 1 atom stereocenters. The molecule has 13 heavy (non-hydrogen) atoms. The number of carbonyl (C=O) groups excluding carboxylic acids is 1. The van der Waals surface area contributed by atoms with E-state index in [1.165, 1.54) is 5.32 Å². The fourth-order valence-electron chi connectivity index (χ4n) is 0.767. The van der Waals surface area contributed by atoms with Crippen LogP contribution in [-0.4, -0.2) is 25.8 Å². The van der Waals surface area contributed by atoms with E-state index in [1.807, 2.05) is 0 Å². The number of aliphatic carboxylic acids is 1. The lowest BCUT2D eigenvalue weighted by Gasteiger charge is -2.14. The van der Waals surface area contributed by atoms with E-state index in [2.05, 4.69) is 24.3 Å². The lowest BCUT2D eigenvalue weighted by molar-refractivity contribution is -0.657. The summed E-state index contributed by atoms with van der Waals surface area (Å²) in [5.74, 6) is -1.16. The van der Waals surface area contributed by atoms with Gasteiger partial charge < -0.3 is 21.0 Å². The number of quaternary nitrogens is 1. The third-order valence-corrected chi connectivity index (χ3v) is 2.01. The first-order valence-corrected chi connectivity index (χ1v) is 4.12. The highest BCUT2D eigenvalue weighted by Gasteiger charge is 2.13. The van der Waals surface area contributed by atoms with E-state index in [1.54, 1.807) is 7.05 Å². The normalized spacial score (nSPS) is 14.6. The molecule has 0 saturated carbocycles. The third-order valence-electron chi connectivity index (χ3n) is 1.58. The van der Waals surface area contributed by atoms with E-state index < -0.39 is 12.0 Å². The molecule has 0 aromatic carbocycles. The maximum absolute atomic E-state index is 10.5. The second-order valence-electron chi connectivity index (χ2n) is 2.47. The first-order valence-electron chi connectivity index (χ1n) is 3.67. The first kappa shape index (κ1) is 12.0. The van der Waals surface area contributed by atoms with Crippen LogP contribution >= 0.6 is 12.6 Å². The zero-order valence-corrected chi connectivity index (χ0v) is 8.25. The van der Waals surface area contributed by atoms with Gasteiger partial charge in [-0.25, -0.2) is 0 Å². The van der Waals surface area contributed by atoms with Crippen LogP contribution in [0, 0.1) is 0 Å². The fourth-order valence-corrected chi connectivity index (χ4v) is 0.858. The molecule has 0 aliphatic heterocycles. The minimum absolute atomic E-state index is 0.149. The number of likely N-dealkylation sites (N-methyl/N-ethyl adjacent to an activating group) is 1. The van der Waals surface area contributed by atoms with E-state index in [0.29, 0.717) is 5.70 Å². The number of carboxylic acids is 1. The van der Waals surface area contributed by atoms with Gasteiger partial charge in [-0.15, -0.1) is 12.6 Å². The number of carboxylic acid groups (broad SMARTS) is 1. The number of thiol groups is 1. The van der Waals surface area contributed by atoms with E-state index in [4.69, 9.17) is 5.73 Å². The van der Waals surface area contributed by atoms with Crippen LogP contribution in [0.3, 0.4) is 0 Å². The monoisotopic (exact) mass is 203 g/mol. The van der Waals surface area contributed by atoms with Crippen LogP contribution in [-0.2, 0) is 4.79 Å². The Bertz CT molecular complexity index is 240. The van der Waals surface area contributed by atoms with Crippen LogP contribution in [0.2, 0.25) is 0 Å². The predicted molar refractivity (Wildman–Crippen MR) is 51.0 cm³/mol. The van der Waals surface area contributed by atoms with E-state index in [9.17, 15) is 9.90 Å². The zero-order chi connectivity index (χ0) is 10.4. The van der Waals surface area contributed by atoms with Crippen molar-refractivity contribution in [1.82, 2.24) is 0 Å². The molecular formula is C7H13N3O2S. The standard InChI is InChI=1S/C7H13N3O2S/c1-9-5(7(11)12)3-4(8)6(13)10-2/h5,9,13H,2-3,8H2,1H3,(H,11,12)/b6-4+/t5-/m0/s1. The molecular weight excluding hydrogens is 190 g/mol. The number of rotatable bonds is 5. The molecule has 5 nitrogen and oxygen atoms in total. The highest BCUT2D eigenvalue weighted by molar-refractivity contribution is 7.84. The second-order valence-corrected chi connectivity index (χ2v) is 2.89. The summed E-state index contributed by atoms with van der Waals surface area (Å²) in [7, 11) is 1.63. The largest absolute Gasteiger partial charge is 0.544 e. The number of hydrogen-bond acceptors (Lipinski definition) is 5. The van der Waals surface area contributed by atoms with Crippen molar-refractivity contribution in [2.45, 2.75) is 12.5 Å². The Labute approximate surface area is 82.1 Å². The summed E-state index contributed by atoms with van der Waals surface area (Å²) < 4.78 is 0. The molecule has 0 aromatic heterocycles. The van der Waals surface area contributed by atoms with E-state index in [0.717, 1.165) is 0 Å². The molecule has 0 saturated heterocycles. The maximum atomic E-state index is 10.5. The third kappa shape index (κ3) is 3.95. The van der Waals surface area contributed by atoms with Gasteiger partial charge in [-0.3, -0.25) is 4.99 Å². The van der Waals surface area contributed by atoms with Crippen LogP contribution in [0.1, 0.15) is 6.42 Å². The van der Waals surface area contributed by atoms with Gasteiger partial charge in [0.25, 0.3) is 0 Å². The molecule has 0 aliphatic rings. The van der Waals surface area contributed by atoms with Crippen LogP contribution in [0.25, 0.3) is 0 Å². The van der Waals surface area contributed by atoms with Crippen molar-refractivity contribution in [3.05, 3.63) is 10.7 Å². The Morgan fingerprint density at radius 3 is 2.69 bits per heavy atom. The van der Waals surface area contributed by atoms with Crippen LogP contribution in [0.15, 0.2) is 15.7 Å². The Hall–Kier alpha value is -1.01. The van der Waals surface area contributed by atoms with Gasteiger partial charge in [0, 0.05) is 12.1 Å². The van der Waals surface area contributed by atoms with Gasteiger partial charge in [-0.05, 0) is 6.72 Å². The number of aliphatic imine (C=N–C) groups is 1. The molecule has 0 unspecified atom stereocenters. The summed E-state index contributed by atoms with van der Waals surface area (Å²) in [6.07, 6.45) is 0.149. The average Bonchev–Trinajstić information content (AvgIpc) is 2.11. The van der Waals surface area contributed by atoms with Gasteiger partial charge in [0.05, 0.1) is 13.0 Å². The van der Waals surface area contributed by atoms with Crippen LogP contribution in [0.5, 0.6) is 0 Å². The van der Waals surface area contributed by atoms with Crippen molar-refractivity contribution in [2.24, 2.45) is 10.7 Å². The summed E-state index contributed by atoms with van der Waals surface area (Å²) in [6, 6.07) is -0.705.